The van der Waals surface area contributed by atoms with E-state index in [2.05, 4.69) is 15.6 Å². The van der Waals surface area contributed by atoms with Gasteiger partial charge in [-0.3, -0.25) is 14.4 Å². The highest BCUT2D eigenvalue weighted by molar-refractivity contribution is 6.08. The highest BCUT2D eigenvalue weighted by Gasteiger charge is 2.37. The first-order chi connectivity index (χ1) is 16.7. The first-order valence-electron chi connectivity index (χ1n) is 11.9. The Morgan fingerprint density at radius 1 is 1.00 bits per heavy atom. The van der Waals surface area contributed by atoms with Crippen molar-refractivity contribution >= 4 is 23.7 Å². The van der Waals surface area contributed by atoms with Gasteiger partial charge >= 0.3 is 6.09 Å². The van der Waals surface area contributed by atoms with Crippen LogP contribution in [0.4, 0.5) is 4.79 Å². The van der Waals surface area contributed by atoms with Crippen LogP contribution in [0.3, 0.4) is 0 Å². The fourth-order valence-corrected chi connectivity index (χ4v) is 3.94. The number of nitrogens with one attached hydrogen (secondary N) is 2. The van der Waals surface area contributed by atoms with Crippen molar-refractivity contribution in [2.24, 2.45) is 5.41 Å². The summed E-state index contributed by atoms with van der Waals surface area (Å²) in [5, 5.41) is 5.35. The molecule has 0 fully saturated rings. The van der Waals surface area contributed by atoms with Gasteiger partial charge in [-0.1, -0.05) is 51.1 Å². The van der Waals surface area contributed by atoms with Gasteiger partial charge in [0.1, 0.15) is 11.6 Å². The molecule has 0 saturated carbocycles. The number of fused-ring (bicyclic) bond motifs is 1. The minimum Gasteiger partial charge on any atom is -0.444 e. The maximum atomic E-state index is 13.5. The molecular formula is C26H35N5O5. The molecular weight excluding hydrogens is 462 g/mol. The van der Waals surface area contributed by atoms with Gasteiger partial charge in [-0.05, 0) is 26.2 Å². The molecule has 10 nitrogen and oxygen atoms in total. The molecule has 2 aromatic rings. The Morgan fingerprint density at radius 2 is 1.64 bits per heavy atom. The van der Waals surface area contributed by atoms with Crippen LogP contribution in [-0.4, -0.2) is 63.4 Å². The van der Waals surface area contributed by atoms with E-state index in [4.69, 9.17) is 4.74 Å². The van der Waals surface area contributed by atoms with Crippen LogP contribution in [0, 0.1) is 5.41 Å². The lowest BCUT2D eigenvalue weighted by atomic mass is 9.86. The molecule has 36 heavy (non-hydrogen) atoms. The van der Waals surface area contributed by atoms with Gasteiger partial charge < -0.3 is 24.8 Å². The molecule has 3 amide bonds. The van der Waals surface area contributed by atoms with Crippen LogP contribution in [0.15, 0.2) is 30.3 Å². The van der Waals surface area contributed by atoms with Crippen molar-refractivity contribution in [3.8, 4) is 0 Å². The summed E-state index contributed by atoms with van der Waals surface area (Å²) in [6.45, 7) is 11.4. The summed E-state index contributed by atoms with van der Waals surface area (Å²) >= 11 is 0. The second-order valence-corrected chi connectivity index (χ2v) is 10.9. The van der Waals surface area contributed by atoms with Crippen molar-refractivity contribution in [3.63, 3.8) is 0 Å². The largest absolute Gasteiger partial charge is 0.444 e. The number of aromatic nitrogens is 2. The van der Waals surface area contributed by atoms with Gasteiger partial charge in [0.25, 0.3) is 5.91 Å². The van der Waals surface area contributed by atoms with Crippen LogP contribution in [0.1, 0.15) is 73.9 Å². The number of benzene rings is 1. The molecule has 2 heterocycles. The van der Waals surface area contributed by atoms with E-state index < -0.39 is 29.1 Å². The van der Waals surface area contributed by atoms with E-state index in [9.17, 15) is 19.2 Å². The summed E-state index contributed by atoms with van der Waals surface area (Å²) in [5.74, 6) is -1.17. The summed E-state index contributed by atoms with van der Waals surface area (Å²) in [6, 6.07) is 7.83. The third kappa shape index (κ3) is 5.92. The van der Waals surface area contributed by atoms with E-state index in [-0.39, 0.29) is 42.8 Å². The summed E-state index contributed by atoms with van der Waals surface area (Å²) in [7, 11) is 1.50. The van der Waals surface area contributed by atoms with Crippen molar-refractivity contribution in [1.29, 1.82) is 0 Å². The lowest BCUT2D eigenvalue weighted by molar-refractivity contribution is -0.124. The number of carbonyl (C=O) groups excluding carboxylic acids is 4. The Bertz CT molecular complexity index is 1160. The number of imidazole rings is 1. The highest BCUT2D eigenvalue weighted by atomic mass is 16.6. The van der Waals surface area contributed by atoms with E-state index in [1.54, 1.807) is 55.7 Å². The molecule has 1 atom stereocenters. The predicted molar refractivity (Wildman–Crippen MR) is 134 cm³/mol. The van der Waals surface area contributed by atoms with Gasteiger partial charge in [0, 0.05) is 25.7 Å². The SMILES string of the molecule is CNC(=O)C(NC(=O)c1nc(C(=O)c2ccccc2)n2c1CN(C(=O)OC(C)(C)C)CC2)C(C)(C)C. The lowest BCUT2D eigenvalue weighted by Gasteiger charge is -2.32. The number of ether oxygens (including phenoxy) is 1. The summed E-state index contributed by atoms with van der Waals surface area (Å²) in [4.78, 5) is 58.0. The molecule has 0 spiro atoms. The average Bonchev–Trinajstić information content (AvgIpc) is 3.19. The number of hydrogen-bond donors (Lipinski definition) is 2. The molecule has 0 bridgehead atoms. The summed E-state index contributed by atoms with van der Waals surface area (Å²) < 4.78 is 7.19. The number of nitrogens with zero attached hydrogens (tertiary/aromatic N) is 3. The number of carbonyl (C=O) groups is 4. The molecule has 0 radical (unpaired) electrons. The summed E-state index contributed by atoms with van der Waals surface area (Å²) in [5.41, 5.74) is -0.420. The Kier molecular flexibility index (Phi) is 7.56. The van der Waals surface area contributed by atoms with Crippen LogP contribution in [-0.2, 0) is 22.6 Å². The fourth-order valence-electron chi connectivity index (χ4n) is 3.94. The van der Waals surface area contributed by atoms with Gasteiger partial charge in [0.05, 0.1) is 12.2 Å². The Morgan fingerprint density at radius 3 is 2.19 bits per heavy atom. The van der Waals surface area contributed by atoms with E-state index in [1.165, 1.54) is 11.9 Å². The van der Waals surface area contributed by atoms with E-state index in [1.807, 2.05) is 20.8 Å². The minimum absolute atomic E-state index is 0.000642. The first kappa shape index (κ1) is 26.9. The smallest absolute Gasteiger partial charge is 0.410 e. The van der Waals surface area contributed by atoms with Crippen molar-refractivity contribution in [2.45, 2.75) is 66.3 Å². The number of amides is 3. The Labute approximate surface area is 211 Å². The van der Waals surface area contributed by atoms with Crippen LogP contribution in [0.2, 0.25) is 0 Å². The third-order valence-electron chi connectivity index (χ3n) is 5.76. The van der Waals surface area contributed by atoms with Crippen LogP contribution in [0.25, 0.3) is 0 Å². The molecule has 3 rings (SSSR count). The predicted octanol–water partition coefficient (Wildman–Crippen LogP) is 2.76. The van der Waals surface area contributed by atoms with E-state index in [0.29, 0.717) is 11.3 Å². The third-order valence-corrected chi connectivity index (χ3v) is 5.76. The molecule has 1 aromatic heterocycles. The molecule has 1 aliphatic heterocycles. The standard InChI is InChI=1S/C26H35N5O5/c1-25(2,3)20(23(34)27-7)29-22(33)18-17-15-30(24(35)36-26(4,5)6)13-14-31(17)21(28-18)19(32)16-11-9-8-10-12-16/h8-12,20H,13-15H2,1-7H3,(H,27,34)(H,29,33). The Hall–Kier alpha value is -3.69. The zero-order valence-electron chi connectivity index (χ0n) is 22.0. The normalized spacial score (nSPS) is 14.5. The molecule has 2 N–H and O–H groups in total. The van der Waals surface area contributed by atoms with Crippen LogP contribution in [0.5, 0.6) is 0 Å². The van der Waals surface area contributed by atoms with Crippen LogP contribution < -0.4 is 10.6 Å². The molecule has 0 aliphatic carbocycles. The van der Waals surface area contributed by atoms with E-state index >= 15 is 0 Å². The first-order valence-corrected chi connectivity index (χ1v) is 11.9. The lowest BCUT2D eigenvalue weighted by Crippen LogP contribution is -2.53. The summed E-state index contributed by atoms with van der Waals surface area (Å²) in [6.07, 6.45) is -0.518. The maximum absolute atomic E-state index is 13.5. The van der Waals surface area contributed by atoms with Crippen LogP contribution >= 0.6 is 0 Å². The van der Waals surface area contributed by atoms with Crippen molar-refractivity contribution < 1.29 is 23.9 Å². The second-order valence-electron chi connectivity index (χ2n) is 10.9. The Balaban J connectivity index is 2.03. The van der Waals surface area contributed by atoms with Crippen molar-refractivity contribution in [3.05, 3.63) is 53.1 Å². The molecule has 1 aliphatic rings. The molecule has 0 saturated heterocycles. The van der Waals surface area contributed by atoms with Gasteiger partial charge in [-0.25, -0.2) is 9.78 Å². The molecule has 1 unspecified atom stereocenters. The molecule has 10 heteroatoms. The highest BCUT2D eigenvalue weighted by Crippen LogP contribution is 2.25. The second kappa shape index (κ2) is 10.1. The quantitative estimate of drug-likeness (QED) is 0.613. The van der Waals surface area contributed by atoms with E-state index in [0.717, 1.165) is 0 Å². The monoisotopic (exact) mass is 497 g/mol. The van der Waals surface area contributed by atoms with Gasteiger partial charge in [0.15, 0.2) is 11.5 Å². The zero-order valence-corrected chi connectivity index (χ0v) is 22.0. The topological polar surface area (TPSA) is 123 Å². The number of rotatable bonds is 5. The number of hydrogen-bond acceptors (Lipinski definition) is 6. The maximum Gasteiger partial charge on any atom is 0.410 e. The fraction of sp³-hybridized carbons (Fsp3) is 0.500. The number of ketones is 1. The minimum atomic E-state index is -0.842. The molecule has 1 aromatic carbocycles. The van der Waals surface area contributed by atoms with Gasteiger partial charge in [0.2, 0.25) is 11.7 Å². The van der Waals surface area contributed by atoms with Gasteiger partial charge in [-0.2, -0.15) is 0 Å². The average molecular weight is 498 g/mol. The van der Waals surface area contributed by atoms with Crippen molar-refractivity contribution in [2.75, 3.05) is 13.6 Å². The zero-order chi connectivity index (χ0) is 26.8. The van der Waals surface area contributed by atoms with Gasteiger partial charge in [-0.15, -0.1) is 0 Å². The number of likely N-dealkylation sites (N-methyl/N-ethyl adjacent to an activating group) is 1. The van der Waals surface area contributed by atoms with Crippen molar-refractivity contribution in [1.82, 2.24) is 25.1 Å². The molecule has 194 valence electrons.